The van der Waals surface area contributed by atoms with Crippen LogP contribution in [0.4, 0.5) is 0 Å². The van der Waals surface area contributed by atoms with E-state index in [1.165, 1.54) is 0 Å². The molecule has 22 heavy (non-hydrogen) atoms. The van der Waals surface area contributed by atoms with E-state index in [4.69, 9.17) is 4.74 Å². The van der Waals surface area contributed by atoms with E-state index in [1.807, 2.05) is 12.1 Å². The van der Waals surface area contributed by atoms with E-state index in [0.29, 0.717) is 31.7 Å². The van der Waals surface area contributed by atoms with Crippen molar-refractivity contribution in [1.82, 2.24) is 10.2 Å². The number of piperidine rings is 1. The Bertz CT molecular complexity index is 629. The van der Waals surface area contributed by atoms with Gasteiger partial charge in [-0.1, -0.05) is 18.7 Å². The molecule has 0 aliphatic carbocycles. The number of nitrogens with zero attached hydrogens (tertiary/aromatic N) is 1. The fraction of sp³-hybridized carbons (Fsp3) is 0.375. The molecule has 0 spiro atoms. The van der Waals surface area contributed by atoms with Crippen LogP contribution in [0.15, 0.2) is 30.9 Å². The molecule has 2 N–H and O–H groups in total. The summed E-state index contributed by atoms with van der Waals surface area (Å²) in [5.74, 6) is 0.106. The second-order valence-electron chi connectivity index (χ2n) is 5.47. The molecule has 1 aromatic carbocycles. The standard InChI is InChI=1S/C16H18N2O4/c1-2-7-22-11-3-4-12-10(8-11)9-18(16(12)21)13-5-6-14(19)17-15(13)20/h2-4,8,13,16,21H,1,5-7,9H2,(H,17,19,20)/t13-,16?/m0/s1. The molecule has 2 aliphatic rings. The van der Waals surface area contributed by atoms with Crippen LogP contribution in [0.5, 0.6) is 5.75 Å². The highest BCUT2D eigenvalue weighted by Gasteiger charge is 2.39. The number of amides is 2. The van der Waals surface area contributed by atoms with E-state index in [2.05, 4.69) is 11.9 Å². The number of ether oxygens (including phenoxy) is 1. The monoisotopic (exact) mass is 302 g/mol. The summed E-state index contributed by atoms with van der Waals surface area (Å²) in [6.07, 6.45) is 1.55. The van der Waals surface area contributed by atoms with Crippen molar-refractivity contribution in [2.75, 3.05) is 6.61 Å². The third kappa shape index (κ3) is 2.63. The van der Waals surface area contributed by atoms with Gasteiger partial charge in [0.25, 0.3) is 0 Å². The van der Waals surface area contributed by atoms with Gasteiger partial charge in [-0.2, -0.15) is 0 Å². The summed E-state index contributed by atoms with van der Waals surface area (Å²) < 4.78 is 5.49. The van der Waals surface area contributed by atoms with Gasteiger partial charge in [-0.25, -0.2) is 0 Å². The topological polar surface area (TPSA) is 78.9 Å². The maximum Gasteiger partial charge on any atom is 0.244 e. The number of hydrogen-bond acceptors (Lipinski definition) is 5. The second kappa shape index (κ2) is 5.90. The molecule has 0 radical (unpaired) electrons. The van der Waals surface area contributed by atoms with Crippen LogP contribution in [0.25, 0.3) is 0 Å². The van der Waals surface area contributed by atoms with Crippen LogP contribution in [-0.2, 0) is 16.1 Å². The van der Waals surface area contributed by atoms with Crippen LogP contribution in [0.3, 0.4) is 0 Å². The molecule has 2 amide bonds. The molecule has 6 heteroatoms. The Hall–Kier alpha value is -2.18. The Morgan fingerprint density at radius 2 is 2.27 bits per heavy atom. The summed E-state index contributed by atoms with van der Waals surface area (Å²) in [7, 11) is 0. The Morgan fingerprint density at radius 3 is 3.00 bits per heavy atom. The van der Waals surface area contributed by atoms with Crippen molar-refractivity contribution >= 4 is 11.8 Å². The molecule has 6 nitrogen and oxygen atoms in total. The number of carbonyl (C=O) groups excluding carboxylic acids is 2. The predicted octanol–water partition coefficient (Wildman–Crippen LogP) is 0.863. The summed E-state index contributed by atoms with van der Waals surface area (Å²) in [6.45, 7) is 4.47. The van der Waals surface area contributed by atoms with E-state index >= 15 is 0 Å². The van der Waals surface area contributed by atoms with Crippen molar-refractivity contribution in [3.8, 4) is 5.75 Å². The molecule has 2 heterocycles. The van der Waals surface area contributed by atoms with Crippen molar-refractivity contribution in [1.29, 1.82) is 0 Å². The summed E-state index contributed by atoms with van der Waals surface area (Å²) in [6, 6.07) is 4.98. The first-order chi connectivity index (χ1) is 10.6. The van der Waals surface area contributed by atoms with E-state index in [1.54, 1.807) is 17.0 Å². The maximum absolute atomic E-state index is 12.0. The lowest BCUT2D eigenvalue weighted by atomic mass is 10.0. The molecular weight excluding hydrogens is 284 g/mol. The Kier molecular flexibility index (Phi) is 3.96. The minimum absolute atomic E-state index is 0.257. The molecule has 2 atom stereocenters. The first kappa shape index (κ1) is 14.7. The average molecular weight is 302 g/mol. The number of carbonyl (C=O) groups is 2. The van der Waals surface area contributed by atoms with Crippen LogP contribution in [0.1, 0.15) is 30.2 Å². The zero-order valence-electron chi connectivity index (χ0n) is 12.1. The normalized spacial score (nSPS) is 24.8. The van der Waals surface area contributed by atoms with E-state index < -0.39 is 12.3 Å². The first-order valence-corrected chi connectivity index (χ1v) is 7.24. The SMILES string of the molecule is C=CCOc1ccc2c(c1)CN([C@H]1CCC(=O)NC1=O)C2O. The van der Waals surface area contributed by atoms with Crippen LogP contribution in [0, 0.1) is 0 Å². The van der Waals surface area contributed by atoms with Crippen molar-refractivity contribution in [3.63, 3.8) is 0 Å². The lowest BCUT2D eigenvalue weighted by molar-refractivity contribution is -0.141. The highest BCUT2D eigenvalue weighted by atomic mass is 16.5. The molecule has 0 bridgehead atoms. The summed E-state index contributed by atoms with van der Waals surface area (Å²) in [5.41, 5.74) is 1.70. The van der Waals surface area contributed by atoms with Gasteiger partial charge < -0.3 is 9.84 Å². The van der Waals surface area contributed by atoms with Crippen LogP contribution in [-0.4, -0.2) is 34.5 Å². The minimum atomic E-state index is -0.840. The quantitative estimate of drug-likeness (QED) is 0.637. The Morgan fingerprint density at radius 1 is 1.45 bits per heavy atom. The predicted molar refractivity (Wildman–Crippen MR) is 78.8 cm³/mol. The third-order valence-corrected chi connectivity index (χ3v) is 4.04. The van der Waals surface area contributed by atoms with Gasteiger partial charge >= 0.3 is 0 Å². The van der Waals surface area contributed by atoms with Gasteiger partial charge in [0.1, 0.15) is 18.6 Å². The van der Waals surface area contributed by atoms with Crippen molar-refractivity contribution in [2.24, 2.45) is 0 Å². The van der Waals surface area contributed by atoms with Gasteiger partial charge in [0.05, 0.1) is 6.04 Å². The largest absolute Gasteiger partial charge is 0.490 e. The summed E-state index contributed by atoms with van der Waals surface area (Å²) in [4.78, 5) is 24.9. The van der Waals surface area contributed by atoms with E-state index in [0.717, 1.165) is 11.1 Å². The van der Waals surface area contributed by atoms with Gasteiger partial charge in [0.2, 0.25) is 11.8 Å². The number of benzene rings is 1. The molecule has 1 fully saturated rings. The van der Waals surface area contributed by atoms with E-state index in [-0.39, 0.29) is 11.8 Å². The lowest BCUT2D eigenvalue weighted by Gasteiger charge is -2.31. The summed E-state index contributed by atoms with van der Waals surface area (Å²) >= 11 is 0. The number of aliphatic hydroxyl groups is 1. The van der Waals surface area contributed by atoms with Crippen molar-refractivity contribution in [3.05, 3.63) is 42.0 Å². The Balaban J connectivity index is 1.78. The number of imide groups is 1. The number of rotatable bonds is 4. The number of nitrogens with one attached hydrogen (secondary N) is 1. The van der Waals surface area contributed by atoms with Gasteiger partial charge in [-0.3, -0.25) is 19.8 Å². The van der Waals surface area contributed by atoms with Crippen LogP contribution in [0.2, 0.25) is 0 Å². The zero-order chi connectivity index (χ0) is 15.7. The van der Waals surface area contributed by atoms with E-state index in [9.17, 15) is 14.7 Å². The lowest BCUT2D eigenvalue weighted by Crippen LogP contribution is -2.51. The molecule has 1 aromatic rings. The number of aliphatic hydroxyl groups excluding tert-OH is 1. The first-order valence-electron chi connectivity index (χ1n) is 7.24. The van der Waals surface area contributed by atoms with Crippen molar-refractivity contribution < 1.29 is 19.4 Å². The fourth-order valence-corrected chi connectivity index (χ4v) is 2.96. The molecule has 0 saturated carbocycles. The molecule has 3 rings (SSSR count). The minimum Gasteiger partial charge on any atom is -0.490 e. The molecular formula is C16H18N2O4. The fourth-order valence-electron chi connectivity index (χ4n) is 2.96. The smallest absolute Gasteiger partial charge is 0.244 e. The van der Waals surface area contributed by atoms with Gasteiger partial charge in [-0.05, 0) is 24.1 Å². The van der Waals surface area contributed by atoms with Crippen molar-refractivity contribution in [2.45, 2.75) is 31.7 Å². The maximum atomic E-state index is 12.0. The number of fused-ring (bicyclic) bond motifs is 1. The van der Waals surface area contributed by atoms with Gasteiger partial charge in [0.15, 0.2) is 0 Å². The highest BCUT2D eigenvalue weighted by Crippen LogP contribution is 2.36. The van der Waals surface area contributed by atoms with Gasteiger partial charge in [0, 0.05) is 18.5 Å². The third-order valence-electron chi connectivity index (χ3n) is 4.04. The summed E-state index contributed by atoms with van der Waals surface area (Å²) in [5, 5.41) is 12.8. The average Bonchev–Trinajstić information content (AvgIpc) is 2.82. The molecule has 116 valence electrons. The molecule has 0 aromatic heterocycles. The Labute approximate surface area is 128 Å². The number of hydrogen-bond donors (Lipinski definition) is 2. The molecule has 1 saturated heterocycles. The zero-order valence-corrected chi connectivity index (χ0v) is 12.1. The van der Waals surface area contributed by atoms with Gasteiger partial charge in [-0.15, -0.1) is 0 Å². The van der Waals surface area contributed by atoms with Crippen LogP contribution >= 0.6 is 0 Å². The van der Waals surface area contributed by atoms with Crippen LogP contribution < -0.4 is 10.1 Å². The molecule has 1 unspecified atom stereocenters. The highest BCUT2D eigenvalue weighted by molar-refractivity contribution is 6.00. The second-order valence-corrected chi connectivity index (χ2v) is 5.47. The molecule has 2 aliphatic heterocycles.